The predicted octanol–water partition coefficient (Wildman–Crippen LogP) is 1.89. The lowest BCUT2D eigenvalue weighted by Crippen LogP contribution is -2.49. The summed E-state index contributed by atoms with van der Waals surface area (Å²) in [4.78, 5) is 8.76. The quantitative estimate of drug-likeness (QED) is 0.873. The molecule has 4 rings (SSSR count). The molecule has 2 aliphatic heterocycles. The summed E-state index contributed by atoms with van der Waals surface area (Å²) in [6, 6.07) is -0.0910. The normalized spacial score (nSPS) is 26.2. The van der Waals surface area contributed by atoms with Gasteiger partial charge in [-0.05, 0) is 33.6 Å². The fourth-order valence-electron chi connectivity index (χ4n) is 4.21. The van der Waals surface area contributed by atoms with Crippen molar-refractivity contribution in [3.8, 4) is 5.88 Å². The molecular formula is C17H23N5O3S. The Morgan fingerprint density at radius 2 is 1.81 bits per heavy atom. The maximum atomic E-state index is 13.3. The summed E-state index contributed by atoms with van der Waals surface area (Å²) in [5.41, 5.74) is 1.95. The second kappa shape index (κ2) is 6.31. The zero-order valence-corrected chi connectivity index (χ0v) is 16.0. The zero-order valence-electron chi connectivity index (χ0n) is 15.1. The van der Waals surface area contributed by atoms with Crippen LogP contribution >= 0.6 is 0 Å². The van der Waals surface area contributed by atoms with Gasteiger partial charge in [0.05, 0.1) is 29.5 Å². The van der Waals surface area contributed by atoms with E-state index in [1.165, 1.54) is 0 Å². The van der Waals surface area contributed by atoms with Crippen molar-refractivity contribution in [1.29, 1.82) is 0 Å². The molecule has 2 aromatic heterocycles. The van der Waals surface area contributed by atoms with Crippen molar-refractivity contribution in [2.75, 3.05) is 0 Å². The molecule has 0 aliphatic carbocycles. The monoisotopic (exact) mass is 377 g/mol. The highest BCUT2D eigenvalue weighted by molar-refractivity contribution is 7.89. The Hall–Kier alpha value is -2.00. The zero-order chi connectivity index (χ0) is 18.5. The number of rotatable bonds is 4. The van der Waals surface area contributed by atoms with Crippen LogP contribution in [0.2, 0.25) is 0 Å². The van der Waals surface area contributed by atoms with E-state index in [1.807, 2.05) is 6.92 Å². The Morgan fingerprint density at radius 3 is 2.35 bits per heavy atom. The largest absolute Gasteiger partial charge is 0.473 e. The fraction of sp³-hybridized carbons (Fsp3) is 0.588. The van der Waals surface area contributed by atoms with Crippen LogP contribution in [0.25, 0.3) is 0 Å². The summed E-state index contributed by atoms with van der Waals surface area (Å²) in [6.45, 7) is 5.35. The van der Waals surface area contributed by atoms with Gasteiger partial charge < -0.3 is 4.74 Å². The lowest BCUT2D eigenvalue weighted by atomic mass is 10.0. The lowest BCUT2D eigenvalue weighted by Gasteiger charge is -2.37. The van der Waals surface area contributed by atoms with Crippen LogP contribution < -0.4 is 4.74 Å². The molecule has 4 heterocycles. The number of fused-ring (bicyclic) bond motifs is 2. The number of hydrogen-bond acceptors (Lipinski definition) is 6. The van der Waals surface area contributed by atoms with Crippen LogP contribution in [0.5, 0.6) is 5.88 Å². The van der Waals surface area contributed by atoms with Gasteiger partial charge in [-0.15, -0.1) is 0 Å². The molecule has 2 unspecified atom stereocenters. The molecule has 0 amide bonds. The van der Waals surface area contributed by atoms with Crippen LogP contribution in [0.3, 0.4) is 0 Å². The van der Waals surface area contributed by atoms with E-state index in [-0.39, 0.29) is 18.2 Å². The molecule has 26 heavy (non-hydrogen) atoms. The van der Waals surface area contributed by atoms with Gasteiger partial charge in [0, 0.05) is 24.9 Å². The minimum atomic E-state index is -3.56. The van der Waals surface area contributed by atoms with Gasteiger partial charge in [-0.3, -0.25) is 10.1 Å². The topological polar surface area (TPSA) is 101 Å². The molecule has 140 valence electrons. The van der Waals surface area contributed by atoms with E-state index in [2.05, 4.69) is 20.2 Å². The van der Waals surface area contributed by atoms with Crippen LogP contribution in [0.1, 0.15) is 42.8 Å². The first-order valence-electron chi connectivity index (χ1n) is 8.86. The number of sulfonamides is 1. The number of hydrogen-bond donors (Lipinski definition) is 1. The molecule has 8 nitrogen and oxygen atoms in total. The maximum absolute atomic E-state index is 13.3. The van der Waals surface area contributed by atoms with Crippen molar-refractivity contribution in [1.82, 2.24) is 24.5 Å². The third kappa shape index (κ3) is 2.88. The summed E-state index contributed by atoms with van der Waals surface area (Å²) in [7, 11) is -3.56. The highest BCUT2D eigenvalue weighted by atomic mass is 32.2. The average Bonchev–Trinajstić information content (AvgIpc) is 3.07. The van der Waals surface area contributed by atoms with Crippen LogP contribution in [-0.2, 0) is 10.0 Å². The highest BCUT2D eigenvalue weighted by Crippen LogP contribution is 2.41. The van der Waals surface area contributed by atoms with Crippen LogP contribution in [0, 0.1) is 20.8 Å². The maximum Gasteiger partial charge on any atom is 0.247 e. The Bertz CT molecular complexity index is 875. The molecule has 2 aliphatic rings. The number of ether oxygens (including phenoxy) is 1. The summed E-state index contributed by atoms with van der Waals surface area (Å²) >= 11 is 0. The van der Waals surface area contributed by atoms with Crippen molar-refractivity contribution in [3.05, 3.63) is 29.5 Å². The number of H-pyrrole nitrogens is 1. The smallest absolute Gasteiger partial charge is 0.247 e. The standard InChI is InChI=1S/C17H23N5O3S/c1-10-8-19-16(9-18-10)25-15-6-13-4-5-14(7-15)22(13)26(23,24)17-11(2)20-21-12(17)3/h8-9,13-15H,4-7H2,1-3H3,(H,20,21). The third-order valence-electron chi connectivity index (χ3n) is 5.26. The molecule has 9 heteroatoms. The van der Waals surface area contributed by atoms with Gasteiger partial charge in [-0.25, -0.2) is 13.4 Å². The Morgan fingerprint density at radius 1 is 1.12 bits per heavy atom. The highest BCUT2D eigenvalue weighted by Gasteiger charge is 2.49. The Balaban J connectivity index is 1.55. The molecule has 0 radical (unpaired) electrons. The summed E-state index contributed by atoms with van der Waals surface area (Å²) in [5, 5.41) is 6.84. The minimum absolute atomic E-state index is 0.0394. The average molecular weight is 377 g/mol. The number of nitrogens with zero attached hydrogens (tertiary/aromatic N) is 4. The van der Waals surface area contributed by atoms with Crippen LogP contribution in [0.15, 0.2) is 17.3 Å². The van der Waals surface area contributed by atoms with E-state index in [4.69, 9.17) is 4.74 Å². The molecule has 1 N–H and O–H groups in total. The van der Waals surface area contributed by atoms with Gasteiger partial charge >= 0.3 is 0 Å². The van der Waals surface area contributed by atoms with E-state index in [0.717, 1.165) is 18.5 Å². The van der Waals surface area contributed by atoms with E-state index >= 15 is 0 Å². The van der Waals surface area contributed by atoms with Gasteiger partial charge in [0.15, 0.2) is 0 Å². The molecule has 0 aromatic carbocycles. The van der Waals surface area contributed by atoms with E-state index < -0.39 is 10.0 Å². The first-order chi connectivity index (χ1) is 12.4. The molecule has 2 saturated heterocycles. The van der Waals surface area contributed by atoms with E-state index in [1.54, 1.807) is 30.5 Å². The summed E-state index contributed by atoms with van der Waals surface area (Å²) < 4.78 is 34.2. The number of aromatic nitrogens is 4. The third-order valence-corrected chi connectivity index (χ3v) is 7.53. The summed E-state index contributed by atoms with van der Waals surface area (Å²) in [5.74, 6) is 0.498. The second-order valence-electron chi connectivity index (χ2n) is 7.19. The van der Waals surface area contributed by atoms with Gasteiger partial charge in [0.2, 0.25) is 15.9 Å². The van der Waals surface area contributed by atoms with Crippen molar-refractivity contribution in [2.45, 2.75) is 69.5 Å². The second-order valence-corrected chi connectivity index (χ2v) is 8.97. The Labute approximate surface area is 153 Å². The molecule has 0 spiro atoms. The van der Waals surface area contributed by atoms with Crippen LogP contribution in [-0.4, -0.2) is 51.1 Å². The van der Waals surface area contributed by atoms with Crippen molar-refractivity contribution in [3.63, 3.8) is 0 Å². The van der Waals surface area contributed by atoms with E-state index in [9.17, 15) is 8.42 Å². The van der Waals surface area contributed by atoms with Crippen molar-refractivity contribution < 1.29 is 13.2 Å². The fourth-order valence-corrected chi connectivity index (χ4v) is 6.44. The van der Waals surface area contributed by atoms with Gasteiger partial charge in [-0.1, -0.05) is 0 Å². The number of nitrogens with one attached hydrogen (secondary N) is 1. The van der Waals surface area contributed by atoms with Gasteiger partial charge in [0.25, 0.3) is 0 Å². The molecule has 2 bridgehead atoms. The number of piperidine rings is 1. The first-order valence-corrected chi connectivity index (χ1v) is 10.3. The first kappa shape index (κ1) is 17.4. The summed E-state index contributed by atoms with van der Waals surface area (Å²) in [6.07, 6.45) is 6.32. The van der Waals surface area contributed by atoms with Crippen molar-refractivity contribution in [2.24, 2.45) is 0 Å². The molecule has 2 aromatic rings. The predicted molar refractivity (Wildman–Crippen MR) is 94.3 cm³/mol. The SMILES string of the molecule is Cc1cnc(OC2CC3CCC(C2)N3S(=O)(=O)c2c(C)n[nH]c2C)cn1. The number of aryl methyl sites for hydroxylation is 3. The van der Waals surface area contributed by atoms with E-state index in [0.29, 0.717) is 35.0 Å². The molecular weight excluding hydrogens is 354 g/mol. The minimum Gasteiger partial charge on any atom is -0.473 e. The van der Waals surface area contributed by atoms with Gasteiger partial charge in [-0.2, -0.15) is 9.40 Å². The Kier molecular flexibility index (Phi) is 4.23. The lowest BCUT2D eigenvalue weighted by molar-refractivity contribution is 0.0914. The number of aromatic amines is 1. The van der Waals surface area contributed by atoms with Crippen LogP contribution in [0.4, 0.5) is 0 Å². The molecule has 2 fully saturated rings. The van der Waals surface area contributed by atoms with Crippen molar-refractivity contribution >= 4 is 10.0 Å². The van der Waals surface area contributed by atoms with Gasteiger partial charge in [0.1, 0.15) is 11.0 Å². The molecule has 2 atom stereocenters. The molecule has 0 saturated carbocycles.